The van der Waals surface area contributed by atoms with Crippen LogP contribution >= 0.6 is 0 Å². The highest BCUT2D eigenvalue weighted by atomic mass is 16.5. The smallest absolute Gasteiger partial charge is 0.257 e. The molecule has 0 bridgehead atoms. The average Bonchev–Trinajstić information content (AvgIpc) is 3.11. The second-order valence-corrected chi connectivity index (χ2v) is 5.95. The number of anilines is 1. The van der Waals surface area contributed by atoms with Gasteiger partial charge in [0.2, 0.25) is 5.95 Å². The third kappa shape index (κ3) is 4.02. The van der Waals surface area contributed by atoms with Crippen molar-refractivity contribution in [1.82, 2.24) is 25.4 Å². The third-order valence-electron chi connectivity index (χ3n) is 3.73. The van der Waals surface area contributed by atoms with E-state index in [0.29, 0.717) is 41.9 Å². The topological polar surface area (TPSA) is 97.0 Å². The second kappa shape index (κ2) is 7.73. The molecule has 1 aromatic carbocycles. The van der Waals surface area contributed by atoms with Crippen molar-refractivity contribution in [2.45, 2.75) is 13.3 Å². The molecule has 2 heterocycles. The number of nitrogens with one attached hydrogen (secondary N) is 1. The monoisotopic (exact) mass is 352 g/mol. The molecule has 0 unspecified atom stereocenters. The van der Waals surface area contributed by atoms with E-state index in [1.54, 1.807) is 11.8 Å². The van der Waals surface area contributed by atoms with Gasteiger partial charge in [0.15, 0.2) is 5.82 Å². The van der Waals surface area contributed by atoms with Gasteiger partial charge in [-0.2, -0.15) is 4.98 Å². The minimum Gasteiger partial charge on any atom is -0.351 e. The maximum absolute atomic E-state index is 12.3. The molecule has 0 radical (unpaired) electrons. The van der Waals surface area contributed by atoms with Crippen LogP contribution in [0.5, 0.6) is 0 Å². The predicted octanol–water partition coefficient (Wildman–Crippen LogP) is 1.87. The Hall–Kier alpha value is -3.29. The first-order valence-electron chi connectivity index (χ1n) is 8.22. The molecule has 134 valence electrons. The fourth-order valence-electron chi connectivity index (χ4n) is 2.33. The number of carbonyl (C=O) groups excluding carboxylic acids is 1. The normalized spacial score (nSPS) is 10.6. The van der Waals surface area contributed by atoms with E-state index in [4.69, 9.17) is 4.52 Å². The lowest BCUT2D eigenvalue weighted by Gasteiger charge is -2.12. The summed E-state index contributed by atoms with van der Waals surface area (Å²) in [4.78, 5) is 26.9. The Morgan fingerprint density at radius 1 is 1.19 bits per heavy atom. The minimum absolute atomic E-state index is 0.223. The molecule has 0 saturated carbocycles. The number of hydrogen-bond acceptors (Lipinski definition) is 7. The molecule has 1 amide bonds. The molecular formula is C18H20N6O2. The molecule has 0 fully saturated rings. The van der Waals surface area contributed by atoms with Crippen LogP contribution in [0.3, 0.4) is 0 Å². The highest BCUT2D eigenvalue weighted by molar-refractivity contribution is 5.94. The third-order valence-corrected chi connectivity index (χ3v) is 3.73. The van der Waals surface area contributed by atoms with E-state index in [9.17, 15) is 4.79 Å². The minimum atomic E-state index is -0.223. The maximum Gasteiger partial charge on any atom is 0.257 e. The van der Waals surface area contributed by atoms with Crippen molar-refractivity contribution in [2.24, 2.45) is 0 Å². The zero-order valence-electron chi connectivity index (χ0n) is 14.9. The van der Waals surface area contributed by atoms with E-state index in [2.05, 4.69) is 25.4 Å². The Labute approximate surface area is 151 Å². The summed E-state index contributed by atoms with van der Waals surface area (Å²) in [7, 11) is 3.70. The van der Waals surface area contributed by atoms with Crippen molar-refractivity contribution in [1.29, 1.82) is 0 Å². The van der Waals surface area contributed by atoms with Gasteiger partial charge in [-0.1, -0.05) is 23.4 Å². The molecule has 8 heteroatoms. The van der Waals surface area contributed by atoms with Crippen LogP contribution in [0.15, 0.2) is 41.1 Å². The Morgan fingerprint density at radius 2 is 1.96 bits per heavy atom. The van der Waals surface area contributed by atoms with Gasteiger partial charge in [-0.15, -0.1) is 0 Å². The van der Waals surface area contributed by atoms with Crippen LogP contribution in [0.1, 0.15) is 21.9 Å². The van der Waals surface area contributed by atoms with Crippen molar-refractivity contribution < 1.29 is 9.32 Å². The molecule has 1 N–H and O–H groups in total. The summed E-state index contributed by atoms with van der Waals surface area (Å²) >= 11 is 0. The molecule has 8 nitrogen and oxygen atoms in total. The maximum atomic E-state index is 12.3. The molecule has 0 spiro atoms. The lowest BCUT2D eigenvalue weighted by molar-refractivity contribution is 0.0952. The van der Waals surface area contributed by atoms with Crippen LogP contribution in [-0.2, 0) is 6.42 Å². The number of benzene rings is 1. The first kappa shape index (κ1) is 17.5. The van der Waals surface area contributed by atoms with Crippen molar-refractivity contribution in [3.8, 4) is 11.5 Å². The molecule has 0 aliphatic carbocycles. The van der Waals surface area contributed by atoms with Crippen molar-refractivity contribution in [3.05, 3.63) is 53.6 Å². The van der Waals surface area contributed by atoms with Crippen LogP contribution < -0.4 is 10.2 Å². The van der Waals surface area contributed by atoms with E-state index >= 15 is 0 Å². The molecule has 2 aromatic heterocycles. The molecule has 26 heavy (non-hydrogen) atoms. The van der Waals surface area contributed by atoms with Crippen molar-refractivity contribution in [2.75, 3.05) is 25.5 Å². The zero-order valence-corrected chi connectivity index (χ0v) is 14.9. The number of carbonyl (C=O) groups is 1. The van der Waals surface area contributed by atoms with Gasteiger partial charge >= 0.3 is 0 Å². The molecule has 0 aliphatic rings. The summed E-state index contributed by atoms with van der Waals surface area (Å²) in [5, 5.41) is 6.77. The van der Waals surface area contributed by atoms with Gasteiger partial charge in [0, 0.05) is 38.8 Å². The van der Waals surface area contributed by atoms with E-state index in [0.717, 1.165) is 5.56 Å². The first-order valence-corrected chi connectivity index (χ1v) is 8.22. The number of hydrogen-bond donors (Lipinski definition) is 1. The molecule has 3 rings (SSSR count). The number of nitrogens with zero attached hydrogens (tertiary/aromatic N) is 5. The van der Waals surface area contributed by atoms with Crippen LogP contribution in [0.4, 0.5) is 5.95 Å². The quantitative estimate of drug-likeness (QED) is 0.723. The van der Waals surface area contributed by atoms with E-state index in [1.165, 1.54) is 6.20 Å². The molecule has 0 saturated heterocycles. The molecule has 3 aromatic rings. The Balaban J connectivity index is 1.57. The van der Waals surface area contributed by atoms with Gasteiger partial charge < -0.3 is 14.7 Å². The highest BCUT2D eigenvalue weighted by Gasteiger charge is 2.13. The van der Waals surface area contributed by atoms with E-state index in [1.807, 2.05) is 44.4 Å². The zero-order chi connectivity index (χ0) is 18.5. The van der Waals surface area contributed by atoms with Gasteiger partial charge in [-0.05, 0) is 19.1 Å². The Bertz CT molecular complexity index is 892. The van der Waals surface area contributed by atoms with Crippen LogP contribution in [-0.4, -0.2) is 46.7 Å². The van der Waals surface area contributed by atoms with Crippen LogP contribution in [0, 0.1) is 6.92 Å². The number of aryl methyl sites for hydroxylation is 1. The summed E-state index contributed by atoms with van der Waals surface area (Å²) in [6.07, 6.45) is 2.01. The lowest BCUT2D eigenvalue weighted by Crippen LogP contribution is -2.27. The SMILES string of the molecule is Cc1nc(N(C)C)ncc1C(=O)NCCc1noc(-c2ccccc2)n1. The Morgan fingerprint density at radius 3 is 2.65 bits per heavy atom. The fourth-order valence-corrected chi connectivity index (χ4v) is 2.33. The largest absolute Gasteiger partial charge is 0.351 e. The van der Waals surface area contributed by atoms with Gasteiger partial charge in [0.1, 0.15) is 0 Å². The fraction of sp³-hybridized carbons (Fsp3) is 0.278. The lowest BCUT2D eigenvalue weighted by atomic mass is 10.2. The molecule has 0 atom stereocenters. The Kier molecular flexibility index (Phi) is 5.21. The first-order chi connectivity index (χ1) is 12.5. The highest BCUT2D eigenvalue weighted by Crippen LogP contribution is 2.16. The molecular weight excluding hydrogens is 332 g/mol. The summed E-state index contributed by atoms with van der Waals surface area (Å²) in [5.74, 6) is 1.36. The van der Waals surface area contributed by atoms with E-state index < -0.39 is 0 Å². The summed E-state index contributed by atoms with van der Waals surface area (Å²) < 4.78 is 5.25. The molecule has 0 aliphatic heterocycles. The summed E-state index contributed by atoms with van der Waals surface area (Å²) in [6.45, 7) is 2.18. The van der Waals surface area contributed by atoms with Gasteiger partial charge in [-0.3, -0.25) is 4.79 Å². The van der Waals surface area contributed by atoms with Gasteiger partial charge in [-0.25, -0.2) is 9.97 Å². The van der Waals surface area contributed by atoms with Crippen LogP contribution in [0.2, 0.25) is 0 Å². The van der Waals surface area contributed by atoms with Crippen molar-refractivity contribution >= 4 is 11.9 Å². The summed E-state index contributed by atoms with van der Waals surface area (Å²) in [5.41, 5.74) is 1.95. The number of rotatable bonds is 6. The van der Waals surface area contributed by atoms with Gasteiger partial charge in [0.05, 0.1) is 11.3 Å². The van der Waals surface area contributed by atoms with Crippen molar-refractivity contribution in [3.63, 3.8) is 0 Å². The summed E-state index contributed by atoms with van der Waals surface area (Å²) in [6, 6.07) is 9.54. The number of amides is 1. The standard InChI is InChI=1S/C18H20N6O2/c1-12-14(11-20-18(21-12)24(2)3)16(25)19-10-9-15-22-17(26-23-15)13-7-5-4-6-8-13/h4-8,11H,9-10H2,1-3H3,(H,19,25). The number of aromatic nitrogens is 4. The van der Waals surface area contributed by atoms with E-state index in [-0.39, 0.29) is 5.91 Å². The average molecular weight is 352 g/mol. The van der Waals surface area contributed by atoms with Crippen LogP contribution in [0.25, 0.3) is 11.5 Å². The van der Waals surface area contributed by atoms with Gasteiger partial charge in [0.25, 0.3) is 11.8 Å². The predicted molar refractivity (Wildman–Crippen MR) is 96.9 cm³/mol. The second-order valence-electron chi connectivity index (χ2n) is 5.95.